The Labute approximate surface area is 169 Å². The molecule has 1 aliphatic rings. The number of carbonyl (C=O) groups excluding carboxylic acids is 1. The number of para-hydroxylation sites is 1. The Morgan fingerprint density at radius 1 is 1.10 bits per heavy atom. The number of nitrogens with zero attached hydrogens (tertiary/aromatic N) is 3. The SMILES string of the molecule is Cc1ccccc1NC(=O)[C@@H]1CCCN(c2ncc(-c3cccc(F)c3)cn2)C1. The summed E-state index contributed by atoms with van der Waals surface area (Å²) < 4.78 is 13.4. The van der Waals surface area contributed by atoms with Crippen LogP contribution < -0.4 is 10.2 Å². The van der Waals surface area contributed by atoms with Crippen LogP contribution in [0.5, 0.6) is 0 Å². The standard InChI is InChI=1S/C23H23FN4O/c1-16-6-2-3-10-21(16)27-22(29)18-8-5-11-28(15-18)23-25-13-19(14-26-23)17-7-4-9-20(24)12-17/h2-4,6-7,9-10,12-14,18H,5,8,11,15H2,1H3,(H,27,29)/t18-/m1/s1. The largest absolute Gasteiger partial charge is 0.340 e. The first kappa shape index (κ1) is 19.1. The third-order valence-electron chi connectivity index (χ3n) is 5.27. The summed E-state index contributed by atoms with van der Waals surface area (Å²) in [6.45, 7) is 3.38. The summed E-state index contributed by atoms with van der Waals surface area (Å²) in [4.78, 5) is 23.7. The van der Waals surface area contributed by atoms with Crippen LogP contribution in [0.3, 0.4) is 0 Å². The molecule has 2 aromatic carbocycles. The quantitative estimate of drug-likeness (QED) is 0.715. The van der Waals surface area contributed by atoms with Crippen LogP contribution in [0.25, 0.3) is 11.1 Å². The molecule has 1 fully saturated rings. The van der Waals surface area contributed by atoms with E-state index in [1.54, 1.807) is 18.5 Å². The fourth-order valence-electron chi connectivity index (χ4n) is 3.62. The van der Waals surface area contributed by atoms with Gasteiger partial charge in [0.05, 0.1) is 5.92 Å². The van der Waals surface area contributed by atoms with Crippen molar-refractivity contribution < 1.29 is 9.18 Å². The monoisotopic (exact) mass is 390 g/mol. The van der Waals surface area contributed by atoms with Crippen LogP contribution in [0.15, 0.2) is 60.9 Å². The van der Waals surface area contributed by atoms with Crippen LogP contribution in [-0.2, 0) is 4.79 Å². The fourth-order valence-corrected chi connectivity index (χ4v) is 3.62. The average molecular weight is 390 g/mol. The van der Waals surface area contributed by atoms with Gasteiger partial charge in [-0.05, 0) is 49.1 Å². The molecule has 29 heavy (non-hydrogen) atoms. The number of anilines is 2. The van der Waals surface area contributed by atoms with Crippen LogP contribution in [0.1, 0.15) is 18.4 Å². The smallest absolute Gasteiger partial charge is 0.229 e. The lowest BCUT2D eigenvalue weighted by Gasteiger charge is -2.32. The van der Waals surface area contributed by atoms with E-state index in [9.17, 15) is 9.18 Å². The summed E-state index contributed by atoms with van der Waals surface area (Å²) in [5.74, 6) is 0.221. The number of benzene rings is 2. The van der Waals surface area contributed by atoms with Gasteiger partial charge in [0.1, 0.15) is 5.82 Å². The third-order valence-corrected chi connectivity index (χ3v) is 5.27. The first-order chi connectivity index (χ1) is 14.1. The normalized spacial score (nSPS) is 16.5. The molecule has 0 saturated carbocycles. The van der Waals surface area contributed by atoms with E-state index in [0.29, 0.717) is 12.5 Å². The van der Waals surface area contributed by atoms with E-state index < -0.39 is 0 Å². The number of aromatic nitrogens is 2. The minimum absolute atomic E-state index is 0.0281. The molecular formula is C23H23FN4O. The molecule has 0 radical (unpaired) electrons. The maximum absolute atomic E-state index is 13.4. The number of rotatable bonds is 4. The summed E-state index contributed by atoms with van der Waals surface area (Å²) in [7, 11) is 0. The zero-order valence-electron chi connectivity index (χ0n) is 16.3. The number of hydrogen-bond donors (Lipinski definition) is 1. The molecule has 6 heteroatoms. The van der Waals surface area contributed by atoms with Gasteiger partial charge in [-0.3, -0.25) is 4.79 Å². The van der Waals surface area contributed by atoms with E-state index in [-0.39, 0.29) is 17.6 Å². The number of carbonyl (C=O) groups is 1. The van der Waals surface area contributed by atoms with E-state index >= 15 is 0 Å². The molecule has 0 unspecified atom stereocenters. The second kappa shape index (κ2) is 8.39. The number of piperidine rings is 1. The Bertz CT molecular complexity index is 1010. The molecule has 1 N–H and O–H groups in total. The van der Waals surface area contributed by atoms with Gasteiger partial charge in [0, 0.05) is 36.7 Å². The molecule has 1 amide bonds. The molecule has 0 bridgehead atoms. The van der Waals surface area contributed by atoms with Crippen molar-refractivity contribution in [3.05, 3.63) is 72.3 Å². The van der Waals surface area contributed by atoms with Gasteiger partial charge in [0.25, 0.3) is 0 Å². The highest BCUT2D eigenvalue weighted by Crippen LogP contribution is 2.24. The zero-order chi connectivity index (χ0) is 20.2. The minimum atomic E-state index is -0.287. The average Bonchev–Trinajstić information content (AvgIpc) is 2.75. The minimum Gasteiger partial charge on any atom is -0.340 e. The van der Waals surface area contributed by atoms with Crippen molar-refractivity contribution in [2.24, 2.45) is 5.92 Å². The van der Waals surface area contributed by atoms with Gasteiger partial charge in [-0.25, -0.2) is 14.4 Å². The molecule has 1 aromatic heterocycles. The van der Waals surface area contributed by atoms with E-state index in [1.807, 2.05) is 42.2 Å². The Morgan fingerprint density at radius 3 is 2.66 bits per heavy atom. The topological polar surface area (TPSA) is 58.1 Å². The van der Waals surface area contributed by atoms with Crippen LogP contribution in [0.2, 0.25) is 0 Å². The number of aryl methyl sites for hydroxylation is 1. The van der Waals surface area contributed by atoms with E-state index in [0.717, 1.165) is 41.8 Å². The number of halogens is 1. The van der Waals surface area contributed by atoms with E-state index in [4.69, 9.17) is 0 Å². The van der Waals surface area contributed by atoms with Gasteiger partial charge in [0.15, 0.2) is 0 Å². The summed E-state index contributed by atoms with van der Waals surface area (Å²) in [6, 6.07) is 14.1. The second-order valence-corrected chi connectivity index (χ2v) is 7.37. The van der Waals surface area contributed by atoms with Gasteiger partial charge >= 0.3 is 0 Å². The first-order valence-corrected chi connectivity index (χ1v) is 9.79. The molecule has 1 atom stereocenters. The number of hydrogen-bond acceptors (Lipinski definition) is 4. The number of amides is 1. The maximum atomic E-state index is 13.4. The Balaban J connectivity index is 1.44. The molecule has 5 nitrogen and oxygen atoms in total. The van der Waals surface area contributed by atoms with Crippen molar-refractivity contribution in [2.45, 2.75) is 19.8 Å². The predicted molar refractivity (Wildman–Crippen MR) is 112 cm³/mol. The predicted octanol–water partition coefficient (Wildman–Crippen LogP) is 4.45. The van der Waals surface area contributed by atoms with Crippen molar-refractivity contribution in [1.82, 2.24) is 9.97 Å². The molecule has 1 aliphatic heterocycles. The van der Waals surface area contributed by atoms with Crippen molar-refractivity contribution >= 4 is 17.5 Å². The molecular weight excluding hydrogens is 367 g/mol. The van der Waals surface area contributed by atoms with Gasteiger partial charge in [-0.1, -0.05) is 30.3 Å². The number of nitrogens with one attached hydrogen (secondary N) is 1. The highest BCUT2D eigenvalue weighted by molar-refractivity contribution is 5.93. The Morgan fingerprint density at radius 2 is 1.90 bits per heavy atom. The molecule has 1 saturated heterocycles. The van der Waals surface area contributed by atoms with Crippen molar-refractivity contribution in [3.8, 4) is 11.1 Å². The van der Waals surface area contributed by atoms with Crippen molar-refractivity contribution in [2.75, 3.05) is 23.3 Å². The molecule has 2 heterocycles. The lowest BCUT2D eigenvalue weighted by atomic mass is 9.97. The van der Waals surface area contributed by atoms with Gasteiger partial charge < -0.3 is 10.2 Å². The summed E-state index contributed by atoms with van der Waals surface area (Å²) in [5, 5.41) is 3.05. The van der Waals surface area contributed by atoms with Crippen molar-refractivity contribution in [1.29, 1.82) is 0 Å². The Hall–Kier alpha value is -3.28. The zero-order valence-corrected chi connectivity index (χ0v) is 16.3. The van der Waals surface area contributed by atoms with E-state index in [2.05, 4.69) is 15.3 Å². The van der Waals surface area contributed by atoms with Crippen LogP contribution in [0.4, 0.5) is 16.0 Å². The molecule has 148 valence electrons. The molecule has 4 rings (SSSR count). The lowest BCUT2D eigenvalue weighted by Crippen LogP contribution is -2.41. The van der Waals surface area contributed by atoms with E-state index in [1.165, 1.54) is 12.1 Å². The highest BCUT2D eigenvalue weighted by atomic mass is 19.1. The molecule has 3 aromatic rings. The Kier molecular flexibility index (Phi) is 5.51. The van der Waals surface area contributed by atoms with Crippen LogP contribution >= 0.6 is 0 Å². The summed E-state index contributed by atoms with van der Waals surface area (Å²) in [6.07, 6.45) is 5.15. The van der Waals surface area contributed by atoms with Crippen LogP contribution in [-0.4, -0.2) is 29.0 Å². The second-order valence-electron chi connectivity index (χ2n) is 7.37. The van der Waals surface area contributed by atoms with Crippen LogP contribution in [0, 0.1) is 18.7 Å². The first-order valence-electron chi connectivity index (χ1n) is 9.79. The fraction of sp³-hybridized carbons (Fsp3) is 0.261. The van der Waals surface area contributed by atoms with Gasteiger partial charge in [-0.2, -0.15) is 0 Å². The van der Waals surface area contributed by atoms with Gasteiger partial charge in [-0.15, -0.1) is 0 Å². The summed E-state index contributed by atoms with van der Waals surface area (Å²) in [5.41, 5.74) is 3.40. The molecule has 0 spiro atoms. The molecule has 0 aliphatic carbocycles. The lowest BCUT2D eigenvalue weighted by molar-refractivity contribution is -0.120. The highest BCUT2D eigenvalue weighted by Gasteiger charge is 2.27. The third kappa shape index (κ3) is 4.42. The summed E-state index contributed by atoms with van der Waals surface area (Å²) >= 11 is 0. The van der Waals surface area contributed by atoms with Gasteiger partial charge in [0.2, 0.25) is 11.9 Å². The maximum Gasteiger partial charge on any atom is 0.229 e. The van der Waals surface area contributed by atoms with Crippen molar-refractivity contribution in [3.63, 3.8) is 0 Å².